The summed E-state index contributed by atoms with van der Waals surface area (Å²) < 4.78 is 1.22. The average molecular weight is 448 g/mol. The molecule has 132 valence electrons. The lowest BCUT2D eigenvalue weighted by molar-refractivity contribution is 0.0294. The molecule has 0 saturated carbocycles. The quantitative estimate of drug-likeness (QED) is 0.546. The lowest BCUT2D eigenvalue weighted by Crippen LogP contribution is -2.51. The van der Waals surface area contributed by atoms with Gasteiger partial charge in [0.15, 0.2) is 0 Å². The van der Waals surface area contributed by atoms with Crippen molar-refractivity contribution >= 4 is 28.3 Å². The van der Waals surface area contributed by atoms with Crippen LogP contribution in [-0.2, 0) is 12.8 Å². The van der Waals surface area contributed by atoms with E-state index < -0.39 is 0 Å². The molecule has 3 nitrogen and oxygen atoms in total. The zero-order valence-corrected chi connectivity index (χ0v) is 16.5. The van der Waals surface area contributed by atoms with Crippen molar-refractivity contribution in [2.45, 2.75) is 43.7 Å². The second-order valence-electron chi connectivity index (χ2n) is 7.36. The molecule has 0 amide bonds. The van der Waals surface area contributed by atoms with E-state index in [1.54, 1.807) is 0 Å². The van der Waals surface area contributed by atoms with Gasteiger partial charge in [0.2, 0.25) is 0 Å². The second-order valence-corrected chi connectivity index (χ2v) is 8.52. The minimum absolute atomic E-state index is 0.199. The number of likely N-dealkylation sites (tertiary alicyclic amines) is 1. The Labute approximate surface area is 163 Å². The molecule has 25 heavy (non-hydrogen) atoms. The number of benzene rings is 2. The highest BCUT2D eigenvalue weighted by molar-refractivity contribution is 14.1. The molecular formula is C21H25IN2O. The minimum Gasteiger partial charge on any atom is -0.398 e. The number of anilines is 1. The Morgan fingerprint density at radius 1 is 0.960 bits per heavy atom. The Hall–Kier alpha value is -1.11. The SMILES string of the molecule is Nc1ccc(I)c2c1C[C@H](N1CCC(c3ccccc3)CC1)[C@@H](O)C2. The number of fused-ring (bicyclic) bond motifs is 1. The molecule has 0 radical (unpaired) electrons. The van der Waals surface area contributed by atoms with E-state index in [9.17, 15) is 5.11 Å². The van der Waals surface area contributed by atoms with Gasteiger partial charge >= 0.3 is 0 Å². The fourth-order valence-electron chi connectivity index (χ4n) is 4.50. The summed E-state index contributed by atoms with van der Waals surface area (Å²) in [7, 11) is 0. The minimum atomic E-state index is -0.295. The summed E-state index contributed by atoms with van der Waals surface area (Å²) in [4.78, 5) is 2.49. The van der Waals surface area contributed by atoms with E-state index >= 15 is 0 Å². The first kappa shape index (κ1) is 17.3. The first-order chi connectivity index (χ1) is 12.1. The summed E-state index contributed by atoms with van der Waals surface area (Å²) in [6.07, 6.45) is 3.64. The van der Waals surface area contributed by atoms with Gasteiger partial charge in [-0.05, 0) is 89.7 Å². The van der Waals surface area contributed by atoms with Crippen LogP contribution in [0, 0.1) is 3.57 Å². The molecule has 0 bridgehead atoms. The first-order valence-electron chi connectivity index (χ1n) is 9.16. The van der Waals surface area contributed by atoms with E-state index in [0.717, 1.165) is 31.6 Å². The van der Waals surface area contributed by atoms with Crippen LogP contribution in [0.2, 0.25) is 0 Å². The zero-order valence-electron chi connectivity index (χ0n) is 14.4. The number of hydrogen-bond donors (Lipinski definition) is 2. The maximum atomic E-state index is 10.8. The number of aliphatic hydroxyl groups is 1. The second kappa shape index (κ2) is 7.25. The highest BCUT2D eigenvalue weighted by Gasteiger charge is 2.35. The molecule has 4 rings (SSSR count). The lowest BCUT2D eigenvalue weighted by atomic mass is 9.82. The lowest BCUT2D eigenvalue weighted by Gasteiger charge is -2.42. The van der Waals surface area contributed by atoms with Crippen molar-refractivity contribution < 1.29 is 5.11 Å². The number of nitrogens with two attached hydrogens (primary N) is 1. The van der Waals surface area contributed by atoms with Crippen molar-refractivity contribution in [3.8, 4) is 0 Å². The number of nitrogen functional groups attached to an aromatic ring is 1. The van der Waals surface area contributed by atoms with Gasteiger partial charge in [0.05, 0.1) is 6.10 Å². The van der Waals surface area contributed by atoms with Crippen LogP contribution in [0.1, 0.15) is 35.4 Å². The molecule has 1 fully saturated rings. The molecule has 3 N–H and O–H groups in total. The third-order valence-corrected chi connectivity index (χ3v) is 6.96. The predicted octanol–water partition coefficient (Wildman–Crippen LogP) is 3.58. The molecule has 4 heteroatoms. The van der Waals surface area contributed by atoms with Gasteiger partial charge in [0, 0.05) is 21.7 Å². The van der Waals surface area contributed by atoms with Gasteiger partial charge in [-0.1, -0.05) is 30.3 Å². The largest absolute Gasteiger partial charge is 0.398 e. The maximum absolute atomic E-state index is 10.8. The summed E-state index contributed by atoms with van der Waals surface area (Å²) in [5, 5.41) is 10.8. The highest BCUT2D eigenvalue weighted by atomic mass is 127. The van der Waals surface area contributed by atoms with Crippen LogP contribution in [0.3, 0.4) is 0 Å². The number of hydrogen-bond acceptors (Lipinski definition) is 3. The number of nitrogens with zero attached hydrogens (tertiary/aromatic N) is 1. The van der Waals surface area contributed by atoms with E-state index in [4.69, 9.17) is 5.73 Å². The summed E-state index contributed by atoms with van der Waals surface area (Å²) in [5.74, 6) is 0.650. The molecule has 1 aliphatic carbocycles. The van der Waals surface area contributed by atoms with Gasteiger partial charge in [0.25, 0.3) is 0 Å². The highest BCUT2D eigenvalue weighted by Crippen LogP contribution is 2.35. The Morgan fingerprint density at radius 2 is 1.68 bits per heavy atom. The normalized spacial score (nSPS) is 24.9. The van der Waals surface area contributed by atoms with E-state index in [1.807, 2.05) is 6.07 Å². The molecule has 2 aromatic rings. The zero-order chi connectivity index (χ0) is 17.4. The number of aliphatic hydroxyl groups excluding tert-OH is 1. The van der Waals surface area contributed by atoms with Gasteiger partial charge in [-0.3, -0.25) is 4.90 Å². The van der Waals surface area contributed by atoms with E-state index in [1.165, 1.54) is 33.1 Å². The Balaban J connectivity index is 1.47. The number of rotatable bonds is 2. The van der Waals surface area contributed by atoms with Crippen molar-refractivity contribution in [3.63, 3.8) is 0 Å². The smallest absolute Gasteiger partial charge is 0.0739 e. The topological polar surface area (TPSA) is 49.5 Å². The average Bonchev–Trinajstić information content (AvgIpc) is 2.65. The van der Waals surface area contributed by atoms with Crippen molar-refractivity contribution in [1.29, 1.82) is 0 Å². The van der Waals surface area contributed by atoms with Crippen molar-refractivity contribution in [3.05, 3.63) is 62.7 Å². The summed E-state index contributed by atoms with van der Waals surface area (Å²) >= 11 is 2.36. The summed E-state index contributed by atoms with van der Waals surface area (Å²) in [6, 6.07) is 15.1. The molecule has 2 aromatic carbocycles. The van der Waals surface area contributed by atoms with Gasteiger partial charge in [-0.15, -0.1) is 0 Å². The van der Waals surface area contributed by atoms with Crippen LogP contribution in [0.15, 0.2) is 42.5 Å². The van der Waals surface area contributed by atoms with Gasteiger partial charge in [-0.2, -0.15) is 0 Å². The van der Waals surface area contributed by atoms with Gasteiger partial charge in [-0.25, -0.2) is 0 Å². The van der Waals surface area contributed by atoms with Crippen LogP contribution in [0.4, 0.5) is 5.69 Å². The van der Waals surface area contributed by atoms with Crippen LogP contribution >= 0.6 is 22.6 Å². The number of piperidine rings is 1. The van der Waals surface area contributed by atoms with Crippen LogP contribution in [-0.4, -0.2) is 35.2 Å². The van der Waals surface area contributed by atoms with Crippen LogP contribution < -0.4 is 5.73 Å². The van der Waals surface area contributed by atoms with Gasteiger partial charge < -0.3 is 10.8 Å². The third-order valence-electron chi connectivity index (χ3n) is 5.95. The Morgan fingerprint density at radius 3 is 2.40 bits per heavy atom. The third kappa shape index (κ3) is 3.44. The van der Waals surface area contributed by atoms with Crippen LogP contribution in [0.25, 0.3) is 0 Å². The first-order valence-corrected chi connectivity index (χ1v) is 10.2. The Kier molecular flexibility index (Phi) is 5.02. The summed E-state index contributed by atoms with van der Waals surface area (Å²) in [5.41, 5.74) is 11.1. The van der Waals surface area contributed by atoms with E-state index in [2.05, 4.69) is 63.9 Å². The van der Waals surface area contributed by atoms with Crippen LogP contribution in [0.5, 0.6) is 0 Å². The molecule has 0 unspecified atom stereocenters. The van der Waals surface area contributed by atoms with E-state index in [0.29, 0.717) is 5.92 Å². The number of halogens is 1. The fraction of sp³-hybridized carbons (Fsp3) is 0.429. The standard InChI is InChI=1S/C21H25IN2O/c22-18-6-7-19(23)17-12-20(21(25)13-16(17)18)24-10-8-15(9-11-24)14-4-2-1-3-5-14/h1-7,15,20-21,25H,8-13,23H2/t20-,21-/m0/s1. The fourth-order valence-corrected chi connectivity index (χ4v) is 5.22. The molecule has 1 aliphatic heterocycles. The predicted molar refractivity (Wildman–Crippen MR) is 111 cm³/mol. The molecule has 1 heterocycles. The Bertz CT molecular complexity index is 741. The molecule has 0 aromatic heterocycles. The van der Waals surface area contributed by atoms with Crippen molar-refractivity contribution in [2.24, 2.45) is 0 Å². The molecule has 2 aliphatic rings. The van der Waals surface area contributed by atoms with Gasteiger partial charge in [0.1, 0.15) is 0 Å². The molecule has 0 spiro atoms. The van der Waals surface area contributed by atoms with E-state index in [-0.39, 0.29) is 12.1 Å². The van der Waals surface area contributed by atoms with Crippen molar-refractivity contribution in [2.75, 3.05) is 18.8 Å². The monoisotopic (exact) mass is 448 g/mol. The molecular weight excluding hydrogens is 423 g/mol. The molecule has 1 saturated heterocycles. The summed E-state index contributed by atoms with van der Waals surface area (Å²) in [6.45, 7) is 2.11. The van der Waals surface area contributed by atoms with Crippen molar-refractivity contribution in [1.82, 2.24) is 4.90 Å². The maximum Gasteiger partial charge on any atom is 0.0739 e. The molecule has 2 atom stereocenters.